The maximum absolute atomic E-state index is 5.74. The second-order valence-electron chi connectivity index (χ2n) is 4.43. The van der Waals surface area contributed by atoms with E-state index in [1.54, 1.807) is 0 Å². The fourth-order valence-electron chi connectivity index (χ4n) is 2.54. The molecule has 3 nitrogen and oxygen atoms in total. The van der Waals surface area contributed by atoms with Gasteiger partial charge in [-0.3, -0.25) is 0 Å². The lowest BCUT2D eigenvalue weighted by Gasteiger charge is -2.13. The van der Waals surface area contributed by atoms with Gasteiger partial charge in [0.2, 0.25) is 0 Å². The summed E-state index contributed by atoms with van der Waals surface area (Å²) in [5, 5.41) is 0. The number of nitrogens with zero attached hydrogens (tertiary/aromatic N) is 1. The van der Waals surface area contributed by atoms with Gasteiger partial charge < -0.3 is 9.47 Å². The van der Waals surface area contributed by atoms with Crippen molar-refractivity contribution in [3.05, 3.63) is 70.4 Å². The summed E-state index contributed by atoms with van der Waals surface area (Å²) in [6, 6.07) is 0. The van der Waals surface area contributed by atoms with E-state index in [1.165, 1.54) is 6.40 Å². The van der Waals surface area contributed by atoms with Crippen LogP contribution in [0.15, 0.2) is 75.4 Å². The quantitative estimate of drug-likeness (QED) is 0.648. The summed E-state index contributed by atoms with van der Waals surface area (Å²) in [5.74, 6) is 1.86. The summed E-state index contributed by atoms with van der Waals surface area (Å²) in [5.41, 5.74) is 4.44. The third-order valence-corrected chi connectivity index (χ3v) is 3.34. The first-order valence-electron chi connectivity index (χ1n) is 5.98. The van der Waals surface area contributed by atoms with Gasteiger partial charge in [0.15, 0.2) is 6.40 Å². The summed E-state index contributed by atoms with van der Waals surface area (Å²) in [7, 11) is 0. The van der Waals surface area contributed by atoms with Gasteiger partial charge in [-0.15, -0.1) is 0 Å². The van der Waals surface area contributed by atoms with Crippen molar-refractivity contribution >= 4 is 6.40 Å². The molecule has 0 amide bonds. The Labute approximate surface area is 105 Å². The van der Waals surface area contributed by atoms with Crippen LogP contribution in [0.25, 0.3) is 0 Å². The summed E-state index contributed by atoms with van der Waals surface area (Å²) in [4.78, 5) is 4.05. The minimum atomic E-state index is 0.637. The van der Waals surface area contributed by atoms with Gasteiger partial charge >= 0.3 is 0 Å². The van der Waals surface area contributed by atoms with E-state index in [4.69, 9.17) is 9.47 Å². The Kier molecular flexibility index (Phi) is 1.94. The Balaban J connectivity index is 1.97. The zero-order valence-electron chi connectivity index (χ0n) is 9.72. The van der Waals surface area contributed by atoms with E-state index in [9.17, 15) is 0 Å². The first kappa shape index (κ1) is 9.71. The SMILES string of the molecule is C1=CC2=CC3=C4OC=NC=C4CC=CC3=C2OC1. The molecule has 4 aliphatic rings. The number of hydrogen-bond donors (Lipinski definition) is 0. The molecule has 0 aromatic heterocycles. The first-order chi connectivity index (χ1) is 8.93. The fourth-order valence-corrected chi connectivity index (χ4v) is 2.54. The number of allylic oxidation sites excluding steroid dienone is 7. The molecule has 0 radical (unpaired) electrons. The minimum Gasteiger partial charge on any atom is -0.488 e. The van der Waals surface area contributed by atoms with Gasteiger partial charge in [0.1, 0.15) is 18.1 Å². The first-order valence-corrected chi connectivity index (χ1v) is 5.98. The summed E-state index contributed by atoms with van der Waals surface area (Å²) in [6.45, 7) is 0.637. The van der Waals surface area contributed by atoms with Crippen LogP contribution < -0.4 is 0 Å². The van der Waals surface area contributed by atoms with Crippen LogP contribution in [0.1, 0.15) is 6.42 Å². The monoisotopic (exact) mass is 237 g/mol. The molecular formula is C15H11NO2. The van der Waals surface area contributed by atoms with Crippen molar-refractivity contribution in [3.8, 4) is 0 Å². The molecule has 2 heterocycles. The van der Waals surface area contributed by atoms with E-state index >= 15 is 0 Å². The second kappa shape index (κ2) is 3.60. The van der Waals surface area contributed by atoms with E-state index in [-0.39, 0.29) is 0 Å². The Hall–Kier alpha value is -2.29. The predicted octanol–water partition coefficient (Wildman–Crippen LogP) is 2.92. The number of aliphatic imine (C=N–C) groups is 1. The van der Waals surface area contributed by atoms with Crippen molar-refractivity contribution in [2.24, 2.45) is 4.99 Å². The van der Waals surface area contributed by atoms with Gasteiger partial charge in [0, 0.05) is 28.5 Å². The Morgan fingerprint density at radius 1 is 1.06 bits per heavy atom. The maximum Gasteiger partial charge on any atom is 0.181 e. The van der Waals surface area contributed by atoms with Crippen molar-refractivity contribution in [1.29, 1.82) is 0 Å². The van der Waals surface area contributed by atoms with Crippen LogP contribution in [0.3, 0.4) is 0 Å². The summed E-state index contributed by atoms with van der Waals surface area (Å²) >= 11 is 0. The number of ether oxygens (including phenoxy) is 2. The highest BCUT2D eigenvalue weighted by atomic mass is 16.5. The lowest BCUT2D eigenvalue weighted by atomic mass is 10.1. The topological polar surface area (TPSA) is 30.8 Å². The van der Waals surface area contributed by atoms with Gasteiger partial charge in [0.05, 0.1) is 0 Å². The molecule has 0 unspecified atom stereocenters. The van der Waals surface area contributed by atoms with Gasteiger partial charge in [0.25, 0.3) is 0 Å². The van der Waals surface area contributed by atoms with E-state index in [0.717, 1.165) is 40.2 Å². The standard InChI is InChI=1S/C15H11NO2/c1-3-11-8-16-9-18-15(11)13-7-10-4-2-6-17-14(10)12(13)5-1/h1-2,4-5,7-9H,3,6H2. The Morgan fingerprint density at radius 3 is 3.06 bits per heavy atom. The zero-order valence-corrected chi connectivity index (χ0v) is 9.72. The summed E-state index contributed by atoms with van der Waals surface area (Å²) in [6.07, 6.45) is 14.7. The summed E-state index contributed by atoms with van der Waals surface area (Å²) < 4.78 is 11.3. The van der Waals surface area contributed by atoms with Gasteiger partial charge in [-0.2, -0.15) is 0 Å². The molecule has 2 aliphatic heterocycles. The van der Waals surface area contributed by atoms with Crippen LogP contribution >= 0.6 is 0 Å². The minimum absolute atomic E-state index is 0.637. The van der Waals surface area contributed by atoms with Crippen molar-refractivity contribution in [3.63, 3.8) is 0 Å². The predicted molar refractivity (Wildman–Crippen MR) is 68.6 cm³/mol. The van der Waals surface area contributed by atoms with Crippen molar-refractivity contribution in [2.75, 3.05) is 6.61 Å². The zero-order chi connectivity index (χ0) is 11.9. The Bertz CT molecular complexity index is 639. The number of rotatable bonds is 0. The molecule has 2 aliphatic carbocycles. The molecule has 3 heteroatoms. The van der Waals surface area contributed by atoms with Crippen LogP contribution in [0, 0.1) is 0 Å². The highest BCUT2D eigenvalue weighted by Crippen LogP contribution is 2.40. The van der Waals surface area contributed by atoms with Gasteiger partial charge in [-0.05, 0) is 18.6 Å². The van der Waals surface area contributed by atoms with Crippen molar-refractivity contribution < 1.29 is 9.47 Å². The van der Waals surface area contributed by atoms with E-state index in [2.05, 4.69) is 29.3 Å². The molecule has 0 saturated carbocycles. The van der Waals surface area contributed by atoms with Crippen LogP contribution in [-0.2, 0) is 9.47 Å². The lowest BCUT2D eigenvalue weighted by molar-refractivity contribution is 0.251. The van der Waals surface area contributed by atoms with Gasteiger partial charge in [-0.25, -0.2) is 4.99 Å². The largest absolute Gasteiger partial charge is 0.488 e. The lowest BCUT2D eigenvalue weighted by Crippen LogP contribution is -2.02. The van der Waals surface area contributed by atoms with Crippen LogP contribution in [0.2, 0.25) is 0 Å². The molecule has 0 atom stereocenters. The smallest absolute Gasteiger partial charge is 0.181 e. The molecule has 0 aromatic carbocycles. The van der Waals surface area contributed by atoms with E-state index in [1.807, 2.05) is 12.3 Å². The molecule has 0 N–H and O–H groups in total. The third kappa shape index (κ3) is 1.27. The van der Waals surface area contributed by atoms with Crippen LogP contribution in [0.5, 0.6) is 0 Å². The molecule has 0 aromatic rings. The highest BCUT2D eigenvalue weighted by Gasteiger charge is 2.28. The van der Waals surface area contributed by atoms with E-state index < -0.39 is 0 Å². The van der Waals surface area contributed by atoms with Crippen LogP contribution in [0.4, 0.5) is 0 Å². The average molecular weight is 237 g/mol. The number of hydrogen-bond acceptors (Lipinski definition) is 3. The van der Waals surface area contributed by atoms with Crippen LogP contribution in [-0.4, -0.2) is 13.0 Å². The molecule has 18 heavy (non-hydrogen) atoms. The maximum atomic E-state index is 5.74. The average Bonchev–Trinajstić information content (AvgIpc) is 2.69. The van der Waals surface area contributed by atoms with Crippen molar-refractivity contribution in [2.45, 2.75) is 6.42 Å². The molecule has 4 rings (SSSR count). The van der Waals surface area contributed by atoms with Gasteiger partial charge in [-0.1, -0.05) is 18.2 Å². The number of fused-ring (bicyclic) bond motifs is 3. The third-order valence-electron chi connectivity index (χ3n) is 3.34. The second-order valence-corrected chi connectivity index (χ2v) is 4.43. The fraction of sp³-hybridized carbons (Fsp3) is 0.133. The molecule has 0 fully saturated rings. The molecular weight excluding hydrogens is 226 g/mol. The normalized spacial score (nSPS) is 23.6. The molecule has 0 saturated heterocycles. The molecule has 88 valence electrons. The molecule has 0 spiro atoms. The van der Waals surface area contributed by atoms with E-state index in [0.29, 0.717) is 6.61 Å². The molecule has 0 bridgehead atoms. The Morgan fingerprint density at radius 2 is 2.06 bits per heavy atom. The highest BCUT2D eigenvalue weighted by molar-refractivity contribution is 5.70. The van der Waals surface area contributed by atoms with Crippen molar-refractivity contribution in [1.82, 2.24) is 0 Å².